The van der Waals surface area contributed by atoms with Crippen molar-refractivity contribution in [3.05, 3.63) is 71.8 Å². The number of hydrogen-bond donors (Lipinski definition) is 0. The third-order valence-electron chi connectivity index (χ3n) is 4.27. The van der Waals surface area contributed by atoms with Crippen molar-refractivity contribution in [1.29, 1.82) is 0 Å². The third kappa shape index (κ3) is 3.34. The SMILES string of the molecule is CC(C)N(B1N=C(c2ccccc2)C(c2ccccc2)=N1)C(C)C. The first-order valence-corrected chi connectivity index (χ1v) is 8.62. The molecule has 122 valence electrons. The monoisotopic (exact) mass is 317 g/mol. The van der Waals surface area contributed by atoms with Crippen LogP contribution in [0.2, 0.25) is 0 Å². The van der Waals surface area contributed by atoms with Crippen molar-refractivity contribution in [3.63, 3.8) is 0 Å². The molecule has 2 aromatic carbocycles. The molecule has 0 atom stereocenters. The van der Waals surface area contributed by atoms with Crippen LogP contribution in [0.3, 0.4) is 0 Å². The van der Waals surface area contributed by atoms with Crippen molar-refractivity contribution >= 4 is 18.5 Å². The molecule has 1 heterocycles. The van der Waals surface area contributed by atoms with Crippen molar-refractivity contribution in [2.75, 3.05) is 0 Å². The van der Waals surface area contributed by atoms with Crippen LogP contribution in [0.25, 0.3) is 0 Å². The van der Waals surface area contributed by atoms with Gasteiger partial charge < -0.3 is 0 Å². The minimum atomic E-state index is -0.157. The van der Waals surface area contributed by atoms with E-state index in [1.807, 2.05) is 12.1 Å². The molecule has 0 spiro atoms. The first kappa shape index (κ1) is 16.7. The van der Waals surface area contributed by atoms with Gasteiger partial charge in [-0.15, -0.1) is 0 Å². The summed E-state index contributed by atoms with van der Waals surface area (Å²) in [5.41, 5.74) is 4.21. The normalized spacial score (nSPS) is 14.5. The summed E-state index contributed by atoms with van der Waals surface area (Å²) in [5, 5.41) is 0. The molecule has 1 aliphatic heterocycles. The molecule has 3 nitrogen and oxygen atoms in total. The standard InChI is InChI=1S/C20H24BN3/c1-15(2)24(16(3)4)21-22-19(17-11-7-5-8-12-17)20(23-21)18-13-9-6-10-14-18/h5-16H,1-4H3. The van der Waals surface area contributed by atoms with Gasteiger partial charge in [0.25, 0.3) is 0 Å². The maximum absolute atomic E-state index is 5.00. The van der Waals surface area contributed by atoms with Gasteiger partial charge >= 0.3 is 7.12 Å². The van der Waals surface area contributed by atoms with E-state index in [1.165, 1.54) is 0 Å². The summed E-state index contributed by atoms with van der Waals surface area (Å²) in [6.07, 6.45) is 0. The fourth-order valence-corrected chi connectivity index (χ4v) is 3.26. The van der Waals surface area contributed by atoms with E-state index in [9.17, 15) is 0 Å². The van der Waals surface area contributed by atoms with Gasteiger partial charge in [-0.25, -0.2) is 0 Å². The molecule has 2 aromatic rings. The predicted octanol–water partition coefficient (Wildman–Crippen LogP) is 4.08. The molecule has 0 amide bonds. The smallest absolute Gasteiger partial charge is 0.296 e. The fourth-order valence-electron chi connectivity index (χ4n) is 3.26. The summed E-state index contributed by atoms with van der Waals surface area (Å²) in [5.74, 6) is 0. The second kappa shape index (κ2) is 7.14. The molecule has 0 aliphatic carbocycles. The Kier molecular flexibility index (Phi) is 4.96. The Morgan fingerprint density at radius 3 is 1.38 bits per heavy atom. The lowest BCUT2D eigenvalue weighted by Gasteiger charge is -2.30. The lowest BCUT2D eigenvalue weighted by molar-refractivity contribution is 0.302. The molecule has 0 aromatic heterocycles. The largest absolute Gasteiger partial charge is 0.509 e. The maximum atomic E-state index is 5.00. The van der Waals surface area contributed by atoms with Gasteiger partial charge in [0.1, 0.15) is 0 Å². The molecule has 0 bridgehead atoms. The van der Waals surface area contributed by atoms with Gasteiger partial charge in [0.2, 0.25) is 0 Å². The second-order valence-electron chi connectivity index (χ2n) is 6.67. The predicted molar refractivity (Wildman–Crippen MR) is 104 cm³/mol. The molecule has 3 rings (SSSR count). The molecule has 0 radical (unpaired) electrons. The van der Waals surface area contributed by atoms with Crippen LogP contribution in [0, 0.1) is 0 Å². The number of benzene rings is 2. The van der Waals surface area contributed by atoms with E-state index >= 15 is 0 Å². The van der Waals surface area contributed by atoms with Gasteiger partial charge in [-0.1, -0.05) is 88.4 Å². The van der Waals surface area contributed by atoms with E-state index in [0.29, 0.717) is 12.1 Å². The summed E-state index contributed by atoms with van der Waals surface area (Å²) in [7, 11) is -0.157. The summed E-state index contributed by atoms with van der Waals surface area (Å²) in [6, 6.07) is 21.5. The van der Waals surface area contributed by atoms with E-state index < -0.39 is 0 Å². The van der Waals surface area contributed by atoms with Crippen LogP contribution in [0.4, 0.5) is 0 Å². The summed E-state index contributed by atoms with van der Waals surface area (Å²) < 4.78 is 0. The van der Waals surface area contributed by atoms with E-state index in [-0.39, 0.29) is 7.12 Å². The van der Waals surface area contributed by atoms with Gasteiger partial charge in [-0.05, 0) is 12.1 Å². The highest BCUT2D eigenvalue weighted by Crippen LogP contribution is 2.20. The third-order valence-corrected chi connectivity index (χ3v) is 4.27. The first-order chi connectivity index (χ1) is 11.6. The van der Waals surface area contributed by atoms with Crippen molar-refractivity contribution in [1.82, 2.24) is 4.81 Å². The molecule has 0 fully saturated rings. The molecule has 0 N–H and O–H groups in total. The summed E-state index contributed by atoms with van der Waals surface area (Å²) >= 11 is 0. The lowest BCUT2D eigenvalue weighted by atomic mass is 9.89. The van der Waals surface area contributed by atoms with Crippen molar-refractivity contribution in [3.8, 4) is 0 Å². The van der Waals surface area contributed by atoms with Crippen LogP contribution in [-0.4, -0.2) is 35.4 Å². The number of hydrogen-bond acceptors (Lipinski definition) is 3. The van der Waals surface area contributed by atoms with Gasteiger partial charge in [0.05, 0.1) is 11.4 Å². The van der Waals surface area contributed by atoms with Crippen molar-refractivity contribution in [2.24, 2.45) is 9.81 Å². The maximum Gasteiger partial charge on any atom is 0.509 e. The lowest BCUT2D eigenvalue weighted by Crippen LogP contribution is -2.46. The van der Waals surface area contributed by atoms with Gasteiger partial charge in [0.15, 0.2) is 0 Å². The molecule has 1 aliphatic rings. The van der Waals surface area contributed by atoms with Crippen LogP contribution < -0.4 is 0 Å². The average Bonchev–Trinajstić information content (AvgIpc) is 3.00. The van der Waals surface area contributed by atoms with E-state index in [4.69, 9.17) is 9.81 Å². The Morgan fingerprint density at radius 1 is 0.667 bits per heavy atom. The van der Waals surface area contributed by atoms with Crippen molar-refractivity contribution in [2.45, 2.75) is 39.8 Å². The quantitative estimate of drug-likeness (QED) is 0.764. The first-order valence-electron chi connectivity index (χ1n) is 8.62. The van der Waals surface area contributed by atoms with E-state index in [1.54, 1.807) is 0 Å². The summed E-state index contributed by atoms with van der Waals surface area (Å²) in [6.45, 7) is 8.81. The van der Waals surface area contributed by atoms with Crippen molar-refractivity contribution < 1.29 is 0 Å². The zero-order chi connectivity index (χ0) is 17.1. The highest BCUT2D eigenvalue weighted by Gasteiger charge is 2.35. The Hall–Kier alpha value is -2.20. The van der Waals surface area contributed by atoms with Crippen LogP contribution >= 0.6 is 0 Å². The van der Waals surface area contributed by atoms with Gasteiger partial charge in [-0.3, -0.25) is 14.6 Å². The highest BCUT2D eigenvalue weighted by molar-refractivity contribution is 6.71. The molecular weight excluding hydrogens is 293 g/mol. The molecule has 4 heteroatoms. The summed E-state index contributed by atoms with van der Waals surface area (Å²) in [4.78, 5) is 12.3. The Bertz CT molecular complexity index is 672. The van der Waals surface area contributed by atoms with E-state index in [2.05, 4.69) is 81.0 Å². The minimum absolute atomic E-state index is 0.157. The fraction of sp³-hybridized carbons (Fsp3) is 0.300. The number of nitrogens with zero attached hydrogens (tertiary/aromatic N) is 3. The molecule has 0 saturated carbocycles. The Balaban J connectivity index is 2.07. The van der Waals surface area contributed by atoms with Crippen LogP contribution in [0.15, 0.2) is 70.5 Å². The van der Waals surface area contributed by atoms with Gasteiger partial charge in [0, 0.05) is 11.1 Å². The van der Waals surface area contributed by atoms with Gasteiger partial charge in [-0.2, -0.15) is 0 Å². The molecule has 24 heavy (non-hydrogen) atoms. The van der Waals surface area contributed by atoms with Crippen LogP contribution in [-0.2, 0) is 0 Å². The Labute approximate surface area is 145 Å². The number of rotatable bonds is 5. The second-order valence-corrected chi connectivity index (χ2v) is 6.67. The molecule has 0 unspecified atom stereocenters. The topological polar surface area (TPSA) is 28.0 Å². The van der Waals surface area contributed by atoms with Crippen LogP contribution in [0.5, 0.6) is 0 Å². The average molecular weight is 317 g/mol. The zero-order valence-electron chi connectivity index (χ0n) is 14.8. The molecular formula is C20H24BN3. The minimum Gasteiger partial charge on any atom is -0.296 e. The highest BCUT2D eigenvalue weighted by atomic mass is 15.2. The van der Waals surface area contributed by atoms with E-state index in [0.717, 1.165) is 22.6 Å². The molecule has 0 saturated heterocycles. The Morgan fingerprint density at radius 2 is 1.04 bits per heavy atom. The van der Waals surface area contributed by atoms with Crippen LogP contribution in [0.1, 0.15) is 38.8 Å². The zero-order valence-corrected chi connectivity index (χ0v) is 14.8.